The number of ether oxygens (including phenoxy) is 3. The van der Waals surface area contributed by atoms with Gasteiger partial charge in [-0.1, -0.05) is 19.1 Å². The molecule has 5 rings (SSSR count). The van der Waals surface area contributed by atoms with Crippen molar-refractivity contribution in [2.45, 2.75) is 82.5 Å². The fourth-order valence-electron chi connectivity index (χ4n) is 6.47. The monoisotopic (exact) mass is 595 g/mol. The van der Waals surface area contributed by atoms with Gasteiger partial charge in [0.15, 0.2) is 17.9 Å². The molecule has 4 nitrogen and oxygen atoms in total. The Labute approximate surface area is 242 Å². The summed E-state index contributed by atoms with van der Waals surface area (Å²) in [6.45, 7) is 3.56. The van der Waals surface area contributed by atoms with Crippen LogP contribution in [0.2, 0.25) is 0 Å². The second kappa shape index (κ2) is 12.9. The van der Waals surface area contributed by atoms with Crippen molar-refractivity contribution >= 4 is 23.1 Å². The van der Waals surface area contributed by atoms with Gasteiger partial charge in [0.05, 0.1) is 24.3 Å². The van der Waals surface area contributed by atoms with E-state index < -0.39 is 35.1 Å². The van der Waals surface area contributed by atoms with E-state index in [9.17, 15) is 17.6 Å². The summed E-state index contributed by atoms with van der Waals surface area (Å²) in [6.07, 6.45) is 0.930. The number of aliphatic imine (C=N–C) groups is 1. The van der Waals surface area contributed by atoms with Crippen molar-refractivity contribution in [2.24, 2.45) is 22.7 Å². The number of alkyl halides is 2. The Hall–Kier alpha value is -2.39. The molecule has 2 aliphatic carbocycles. The Morgan fingerprint density at radius 3 is 2.05 bits per heavy atom. The van der Waals surface area contributed by atoms with Gasteiger partial charge in [0.1, 0.15) is 17.3 Å². The number of nitrogens with zero attached hydrogens (tertiary/aromatic N) is 1. The molecule has 2 aromatic rings. The molecule has 10 heteroatoms. The van der Waals surface area contributed by atoms with E-state index in [1.807, 2.05) is 11.2 Å². The summed E-state index contributed by atoms with van der Waals surface area (Å²) in [7, 11) is 0. The van der Waals surface area contributed by atoms with E-state index in [1.54, 1.807) is 12.1 Å². The maximum Gasteiger partial charge on any atom is 0.400 e. The normalized spacial score (nSPS) is 29.0. The predicted molar refractivity (Wildman–Crippen MR) is 147 cm³/mol. The molecule has 0 bridgehead atoms. The smallest absolute Gasteiger partial charge is 0.400 e. The predicted octanol–water partition coefficient (Wildman–Crippen LogP) is 9.07. The molecule has 1 aliphatic heterocycles. The second-order valence-corrected chi connectivity index (χ2v) is 11.9. The van der Waals surface area contributed by atoms with E-state index in [0.717, 1.165) is 44.5 Å². The highest BCUT2D eigenvalue weighted by atomic mass is 32.1. The molecule has 0 unspecified atom stereocenters. The Morgan fingerprint density at radius 1 is 0.854 bits per heavy atom. The first-order valence-electron chi connectivity index (χ1n) is 14.3. The van der Waals surface area contributed by atoms with E-state index >= 15 is 4.39 Å². The van der Waals surface area contributed by atoms with Crippen molar-refractivity contribution in [3.05, 3.63) is 58.9 Å². The number of rotatable bonds is 7. The first-order valence-corrected chi connectivity index (χ1v) is 14.7. The molecule has 3 aliphatic rings. The second-order valence-electron chi connectivity index (χ2n) is 11.7. The average Bonchev–Trinajstić information content (AvgIpc) is 2.95. The van der Waals surface area contributed by atoms with Gasteiger partial charge in [-0.25, -0.2) is 13.2 Å². The number of hydrogen-bond donors (Lipinski definition) is 0. The highest BCUT2D eigenvalue weighted by Gasteiger charge is 2.44. The van der Waals surface area contributed by atoms with Crippen LogP contribution in [0.15, 0.2) is 35.3 Å². The zero-order valence-corrected chi connectivity index (χ0v) is 23.7. The van der Waals surface area contributed by atoms with Crippen molar-refractivity contribution in [1.82, 2.24) is 0 Å². The Kier molecular flexibility index (Phi) is 9.43. The van der Waals surface area contributed by atoms with Crippen LogP contribution in [0.1, 0.15) is 81.3 Å². The van der Waals surface area contributed by atoms with Crippen molar-refractivity contribution in [3.63, 3.8) is 0 Å². The molecule has 0 spiro atoms. The average molecular weight is 596 g/mol. The fraction of sp³-hybridized carbons (Fsp3) is 0.581. The molecule has 222 valence electrons. The quantitative estimate of drug-likeness (QED) is 0.182. The van der Waals surface area contributed by atoms with Gasteiger partial charge >= 0.3 is 6.11 Å². The Balaban J connectivity index is 1.15. The van der Waals surface area contributed by atoms with Crippen LogP contribution in [-0.4, -0.2) is 30.8 Å². The zero-order chi connectivity index (χ0) is 29.1. The minimum atomic E-state index is -3.65. The van der Waals surface area contributed by atoms with E-state index in [-0.39, 0.29) is 36.8 Å². The first-order chi connectivity index (χ1) is 19.6. The highest BCUT2D eigenvalue weighted by molar-refractivity contribution is 7.78. The van der Waals surface area contributed by atoms with Crippen molar-refractivity contribution in [1.29, 1.82) is 0 Å². The van der Waals surface area contributed by atoms with Gasteiger partial charge in [-0.2, -0.15) is 13.8 Å². The third kappa shape index (κ3) is 6.99. The SMILES string of the molecule is CC1COC(C2CCC(c3ccc(C4CCC(C(F)(F)Oc5cc(F)c(N=C=S)c(F)c5)CC4)c(F)c3)CC2)OC1. The van der Waals surface area contributed by atoms with Crippen LogP contribution >= 0.6 is 12.2 Å². The summed E-state index contributed by atoms with van der Waals surface area (Å²) < 4.78 is 89.7. The lowest BCUT2D eigenvalue weighted by atomic mass is 9.76. The number of halogens is 5. The van der Waals surface area contributed by atoms with Gasteiger partial charge < -0.3 is 14.2 Å². The van der Waals surface area contributed by atoms with Gasteiger partial charge in [-0.3, -0.25) is 0 Å². The Bertz CT molecular complexity index is 1240. The zero-order valence-electron chi connectivity index (χ0n) is 22.9. The summed E-state index contributed by atoms with van der Waals surface area (Å²) in [5, 5.41) is 1.84. The number of benzene rings is 2. The van der Waals surface area contributed by atoms with Crippen LogP contribution in [0.25, 0.3) is 0 Å². The molecule has 0 N–H and O–H groups in total. The molecule has 0 amide bonds. The van der Waals surface area contributed by atoms with E-state index in [4.69, 9.17) is 14.2 Å². The van der Waals surface area contributed by atoms with E-state index in [1.165, 1.54) is 0 Å². The van der Waals surface area contributed by atoms with Crippen LogP contribution < -0.4 is 4.74 Å². The standard InChI is InChI=1S/C31H34F5NO3S/c1-18-15-38-30(39-16-18)21-4-2-19(3-5-21)22-8-11-25(26(32)12-22)20-6-9-23(10-7-20)31(35,36)40-24-13-27(33)29(37-17-41)28(34)14-24/h8,11-14,18-21,23,30H,2-7,9-10,15-16H2,1H3. The van der Waals surface area contributed by atoms with Crippen LogP contribution in [0.3, 0.4) is 0 Å². The Morgan fingerprint density at radius 2 is 1.46 bits per heavy atom. The van der Waals surface area contributed by atoms with Crippen LogP contribution in [0, 0.1) is 35.2 Å². The van der Waals surface area contributed by atoms with Gasteiger partial charge in [0.2, 0.25) is 0 Å². The number of thiocarbonyl (C=S) groups is 1. The van der Waals surface area contributed by atoms with Crippen molar-refractivity contribution in [3.8, 4) is 5.75 Å². The van der Waals surface area contributed by atoms with Crippen molar-refractivity contribution < 1.29 is 36.2 Å². The van der Waals surface area contributed by atoms with E-state index in [0.29, 0.717) is 42.4 Å². The molecule has 41 heavy (non-hydrogen) atoms. The summed E-state index contributed by atoms with van der Waals surface area (Å²) >= 11 is 4.34. The molecular formula is C31H34F5NO3S. The maximum absolute atomic E-state index is 15.3. The molecule has 2 aromatic carbocycles. The summed E-state index contributed by atoms with van der Waals surface area (Å²) in [5.74, 6) is -3.58. The largest absolute Gasteiger partial charge is 0.432 e. The highest BCUT2D eigenvalue weighted by Crippen LogP contribution is 2.45. The summed E-state index contributed by atoms with van der Waals surface area (Å²) in [5.41, 5.74) is 0.802. The van der Waals surface area contributed by atoms with Gasteiger partial charge in [-0.15, -0.1) is 0 Å². The summed E-state index contributed by atoms with van der Waals surface area (Å²) in [6, 6.07) is 6.69. The lowest BCUT2D eigenvalue weighted by molar-refractivity contribution is -0.226. The fourth-order valence-corrected chi connectivity index (χ4v) is 6.57. The first kappa shape index (κ1) is 30.1. The number of hydrogen-bond acceptors (Lipinski definition) is 5. The molecule has 0 atom stereocenters. The molecular weight excluding hydrogens is 561 g/mol. The third-order valence-corrected chi connectivity index (χ3v) is 8.88. The molecule has 2 saturated carbocycles. The topological polar surface area (TPSA) is 40.0 Å². The molecule has 0 radical (unpaired) electrons. The molecule has 1 saturated heterocycles. The minimum Gasteiger partial charge on any atom is -0.432 e. The molecule has 0 aromatic heterocycles. The molecule has 1 heterocycles. The van der Waals surface area contributed by atoms with Gasteiger partial charge in [0.25, 0.3) is 0 Å². The van der Waals surface area contributed by atoms with Gasteiger partial charge in [0, 0.05) is 24.0 Å². The maximum atomic E-state index is 15.3. The molecule has 3 fully saturated rings. The van der Waals surface area contributed by atoms with Crippen LogP contribution in [-0.2, 0) is 9.47 Å². The summed E-state index contributed by atoms with van der Waals surface area (Å²) in [4.78, 5) is 3.26. The minimum absolute atomic E-state index is 0.0885. The third-order valence-electron chi connectivity index (χ3n) is 8.79. The number of isothiocyanates is 1. The lowest BCUT2D eigenvalue weighted by Gasteiger charge is -2.37. The van der Waals surface area contributed by atoms with Crippen LogP contribution in [0.4, 0.5) is 27.6 Å². The lowest BCUT2D eigenvalue weighted by Crippen LogP contribution is -2.37. The van der Waals surface area contributed by atoms with Crippen molar-refractivity contribution in [2.75, 3.05) is 13.2 Å². The van der Waals surface area contributed by atoms with Crippen LogP contribution in [0.5, 0.6) is 5.75 Å². The van der Waals surface area contributed by atoms with E-state index in [2.05, 4.69) is 24.1 Å². The van der Waals surface area contributed by atoms with Gasteiger partial charge in [-0.05, 0) is 92.6 Å².